The fourth-order valence-corrected chi connectivity index (χ4v) is 4.75. The van der Waals surface area contributed by atoms with Crippen LogP contribution in [0.5, 0.6) is 5.75 Å². The Balaban J connectivity index is 1.78. The SMILES string of the molecule is COc1ccc(S(=O)(=O)N2CC[C@@H]3OCC(=O)N(C)[C@H]3CC2)cc1. The highest BCUT2D eigenvalue weighted by molar-refractivity contribution is 7.89. The first-order valence-corrected chi connectivity index (χ1v) is 9.39. The van der Waals surface area contributed by atoms with E-state index in [1.54, 1.807) is 36.2 Å². The van der Waals surface area contributed by atoms with Crippen molar-refractivity contribution in [3.63, 3.8) is 0 Å². The minimum Gasteiger partial charge on any atom is -0.497 e. The minimum absolute atomic E-state index is 0.0530. The zero-order valence-electron chi connectivity index (χ0n) is 13.8. The third-order valence-corrected chi connectivity index (χ3v) is 6.69. The molecule has 2 heterocycles. The molecule has 7 nitrogen and oxygen atoms in total. The molecule has 3 rings (SSSR count). The summed E-state index contributed by atoms with van der Waals surface area (Å²) in [5, 5.41) is 0. The Hall–Kier alpha value is -1.64. The van der Waals surface area contributed by atoms with Gasteiger partial charge in [0.1, 0.15) is 12.4 Å². The summed E-state index contributed by atoms with van der Waals surface area (Å²) < 4.78 is 37.9. The van der Waals surface area contributed by atoms with E-state index in [9.17, 15) is 13.2 Å². The van der Waals surface area contributed by atoms with Crippen molar-refractivity contribution in [2.75, 3.05) is 33.9 Å². The van der Waals surface area contributed by atoms with Gasteiger partial charge in [-0.05, 0) is 37.1 Å². The summed E-state index contributed by atoms with van der Waals surface area (Å²) in [6.07, 6.45) is 1.05. The number of benzene rings is 1. The maximum Gasteiger partial charge on any atom is 0.248 e. The predicted molar refractivity (Wildman–Crippen MR) is 87.3 cm³/mol. The number of nitrogens with zero attached hydrogens (tertiary/aromatic N) is 2. The number of likely N-dealkylation sites (N-methyl/N-ethyl adjacent to an activating group) is 1. The molecule has 1 amide bonds. The molecule has 2 aliphatic rings. The van der Waals surface area contributed by atoms with Gasteiger partial charge in [-0.25, -0.2) is 8.42 Å². The van der Waals surface area contributed by atoms with Crippen LogP contribution >= 0.6 is 0 Å². The number of ether oxygens (including phenoxy) is 2. The van der Waals surface area contributed by atoms with Gasteiger partial charge in [0.15, 0.2) is 0 Å². The van der Waals surface area contributed by atoms with Crippen molar-refractivity contribution < 1.29 is 22.7 Å². The van der Waals surface area contributed by atoms with Crippen LogP contribution in [0.2, 0.25) is 0 Å². The van der Waals surface area contributed by atoms with Gasteiger partial charge in [0.25, 0.3) is 0 Å². The number of methoxy groups -OCH3 is 1. The number of sulfonamides is 1. The lowest BCUT2D eigenvalue weighted by molar-refractivity contribution is -0.154. The van der Waals surface area contributed by atoms with E-state index in [-0.39, 0.29) is 29.6 Å². The average Bonchev–Trinajstić information content (AvgIpc) is 2.82. The zero-order valence-corrected chi connectivity index (χ0v) is 14.7. The summed E-state index contributed by atoms with van der Waals surface area (Å²) in [5.41, 5.74) is 0. The van der Waals surface area contributed by atoms with Crippen molar-refractivity contribution >= 4 is 15.9 Å². The Kier molecular flexibility index (Phi) is 4.80. The molecule has 2 aliphatic heterocycles. The molecule has 2 fully saturated rings. The number of hydrogen-bond acceptors (Lipinski definition) is 5. The molecule has 24 heavy (non-hydrogen) atoms. The summed E-state index contributed by atoms with van der Waals surface area (Å²) in [6, 6.07) is 6.32. The molecular weight excluding hydrogens is 332 g/mol. The molecule has 2 atom stereocenters. The summed E-state index contributed by atoms with van der Waals surface area (Å²) in [7, 11) is -0.266. The maximum absolute atomic E-state index is 12.9. The number of rotatable bonds is 3. The molecule has 0 radical (unpaired) electrons. The molecule has 132 valence electrons. The Morgan fingerprint density at radius 2 is 1.83 bits per heavy atom. The molecular formula is C16H22N2O5S. The van der Waals surface area contributed by atoms with Gasteiger partial charge >= 0.3 is 0 Å². The first-order chi connectivity index (χ1) is 11.4. The van der Waals surface area contributed by atoms with Crippen molar-refractivity contribution in [1.29, 1.82) is 0 Å². The highest BCUT2D eigenvalue weighted by atomic mass is 32.2. The van der Waals surface area contributed by atoms with Crippen LogP contribution in [-0.2, 0) is 19.6 Å². The van der Waals surface area contributed by atoms with Crippen LogP contribution in [-0.4, -0.2) is 69.5 Å². The third-order valence-electron chi connectivity index (χ3n) is 4.78. The highest BCUT2D eigenvalue weighted by Crippen LogP contribution is 2.27. The van der Waals surface area contributed by atoms with Crippen LogP contribution in [0.3, 0.4) is 0 Å². The lowest BCUT2D eigenvalue weighted by Crippen LogP contribution is -2.52. The number of amides is 1. The molecule has 0 aliphatic carbocycles. The van der Waals surface area contributed by atoms with Crippen LogP contribution in [0, 0.1) is 0 Å². The van der Waals surface area contributed by atoms with E-state index < -0.39 is 10.0 Å². The largest absolute Gasteiger partial charge is 0.497 e. The molecule has 8 heteroatoms. The van der Waals surface area contributed by atoms with E-state index in [0.717, 1.165) is 0 Å². The van der Waals surface area contributed by atoms with Gasteiger partial charge in [0.2, 0.25) is 15.9 Å². The van der Waals surface area contributed by atoms with E-state index in [1.807, 2.05) is 0 Å². The van der Waals surface area contributed by atoms with Crippen molar-refractivity contribution in [1.82, 2.24) is 9.21 Å². The van der Waals surface area contributed by atoms with E-state index in [1.165, 1.54) is 11.4 Å². The predicted octanol–water partition coefficient (Wildman–Crippen LogP) is 0.706. The lowest BCUT2D eigenvalue weighted by atomic mass is 10.0. The maximum atomic E-state index is 12.9. The summed E-state index contributed by atoms with van der Waals surface area (Å²) >= 11 is 0. The van der Waals surface area contributed by atoms with Crippen LogP contribution in [0.1, 0.15) is 12.8 Å². The third kappa shape index (κ3) is 3.13. The fraction of sp³-hybridized carbons (Fsp3) is 0.562. The van der Waals surface area contributed by atoms with E-state index >= 15 is 0 Å². The van der Waals surface area contributed by atoms with Gasteiger partial charge < -0.3 is 14.4 Å². The van der Waals surface area contributed by atoms with Gasteiger partial charge in [-0.2, -0.15) is 4.31 Å². The van der Waals surface area contributed by atoms with Crippen LogP contribution in [0.15, 0.2) is 29.2 Å². The van der Waals surface area contributed by atoms with E-state index in [0.29, 0.717) is 31.7 Å². The van der Waals surface area contributed by atoms with Crippen LogP contribution in [0.4, 0.5) is 0 Å². The van der Waals surface area contributed by atoms with Crippen LogP contribution in [0.25, 0.3) is 0 Å². The molecule has 1 aromatic carbocycles. The normalized spacial score (nSPS) is 25.9. The lowest BCUT2D eigenvalue weighted by Gasteiger charge is -2.37. The van der Waals surface area contributed by atoms with Gasteiger partial charge in [-0.15, -0.1) is 0 Å². The summed E-state index contributed by atoms with van der Waals surface area (Å²) in [4.78, 5) is 13.7. The Bertz CT molecular complexity index is 704. The molecule has 0 saturated carbocycles. The number of carbonyl (C=O) groups is 1. The van der Waals surface area contributed by atoms with Crippen molar-refractivity contribution in [2.24, 2.45) is 0 Å². The summed E-state index contributed by atoms with van der Waals surface area (Å²) in [5.74, 6) is 0.562. The second-order valence-corrected chi connectivity index (χ2v) is 8.02. The Morgan fingerprint density at radius 3 is 2.50 bits per heavy atom. The topological polar surface area (TPSA) is 76.1 Å². The minimum atomic E-state index is -3.57. The molecule has 1 aromatic rings. The first-order valence-electron chi connectivity index (χ1n) is 7.95. The van der Waals surface area contributed by atoms with Crippen molar-refractivity contribution in [2.45, 2.75) is 29.9 Å². The first kappa shape index (κ1) is 17.2. The van der Waals surface area contributed by atoms with E-state index in [2.05, 4.69) is 0 Å². The Labute approximate surface area is 142 Å². The summed E-state index contributed by atoms with van der Waals surface area (Å²) in [6.45, 7) is 0.830. The number of fused-ring (bicyclic) bond motifs is 1. The quantitative estimate of drug-likeness (QED) is 0.799. The van der Waals surface area contributed by atoms with Crippen molar-refractivity contribution in [3.05, 3.63) is 24.3 Å². The Morgan fingerprint density at radius 1 is 1.17 bits per heavy atom. The monoisotopic (exact) mass is 354 g/mol. The molecule has 0 unspecified atom stereocenters. The fourth-order valence-electron chi connectivity index (χ4n) is 3.28. The van der Waals surface area contributed by atoms with Crippen LogP contribution < -0.4 is 4.74 Å². The highest BCUT2D eigenvalue weighted by Gasteiger charge is 2.38. The van der Waals surface area contributed by atoms with Gasteiger partial charge in [0, 0.05) is 20.1 Å². The smallest absolute Gasteiger partial charge is 0.248 e. The second-order valence-electron chi connectivity index (χ2n) is 6.08. The van der Waals surface area contributed by atoms with Gasteiger partial charge in [0.05, 0.1) is 24.2 Å². The molecule has 0 N–H and O–H groups in total. The molecule has 0 aromatic heterocycles. The average molecular weight is 354 g/mol. The number of carbonyl (C=O) groups excluding carboxylic acids is 1. The second kappa shape index (κ2) is 6.70. The van der Waals surface area contributed by atoms with Crippen molar-refractivity contribution in [3.8, 4) is 5.75 Å². The number of morpholine rings is 1. The van der Waals surface area contributed by atoms with Gasteiger partial charge in [-0.3, -0.25) is 4.79 Å². The standard InChI is InChI=1S/C16H22N2O5S/c1-17-14-7-9-18(10-8-15(14)23-11-16(17)19)24(20,21)13-5-3-12(22-2)4-6-13/h3-6,14-15H,7-11H2,1-2H3/t14-,15-/m0/s1. The van der Waals surface area contributed by atoms with Gasteiger partial charge in [-0.1, -0.05) is 0 Å². The molecule has 0 bridgehead atoms. The van der Waals surface area contributed by atoms with E-state index in [4.69, 9.17) is 9.47 Å². The molecule has 2 saturated heterocycles. The zero-order chi connectivity index (χ0) is 17.3. The number of hydrogen-bond donors (Lipinski definition) is 0. The molecule has 0 spiro atoms.